The van der Waals surface area contributed by atoms with Crippen LogP contribution < -0.4 is 15.4 Å². The average molecular weight is 336 g/mol. The molecule has 3 N–H and O–H groups in total. The van der Waals surface area contributed by atoms with Crippen molar-refractivity contribution in [1.29, 1.82) is 0 Å². The number of aliphatic hydroxyl groups is 1. The number of nitrogens with one attached hydrogen (secondary N) is 2. The number of hydrogen-bond acceptors (Lipinski definition) is 4. The van der Waals surface area contributed by atoms with E-state index in [9.17, 15) is 5.11 Å². The maximum atomic E-state index is 9.34. The van der Waals surface area contributed by atoms with Crippen molar-refractivity contribution in [3.63, 3.8) is 0 Å². The fourth-order valence-corrected chi connectivity index (χ4v) is 2.61. The van der Waals surface area contributed by atoms with Crippen molar-refractivity contribution in [3.05, 3.63) is 23.9 Å². The fraction of sp³-hybridized carbons (Fsp3) is 0.667. The normalized spacial score (nSPS) is 12.1. The lowest BCUT2D eigenvalue weighted by molar-refractivity contribution is 0.169. The van der Waals surface area contributed by atoms with Gasteiger partial charge in [0.15, 0.2) is 5.96 Å². The molecule has 0 aromatic carbocycles. The van der Waals surface area contributed by atoms with E-state index in [1.165, 1.54) is 0 Å². The highest BCUT2D eigenvalue weighted by atomic mass is 16.5. The van der Waals surface area contributed by atoms with E-state index in [4.69, 9.17) is 4.74 Å². The first-order valence-electron chi connectivity index (χ1n) is 8.76. The summed E-state index contributed by atoms with van der Waals surface area (Å²) in [6.07, 6.45) is 2.84. The third kappa shape index (κ3) is 6.35. The monoisotopic (exact) mass is 336 g/mol. The summed E-state index contributed by atoms with van der Waals surface area (Å²) in [5.41, 5.74) is 0.957. The highest BCUT2D eigenvalue weighted by Gasteiger charge is 2.25. The summed E-state index contributed by atoms with van der Waals surface area (Å²) in [5.74, 6) is 1.37. The van der Waals surface area contributed by atoms with Crippen LogP contribution in [-0.4, -0.2) is 42.9 Å². The molecule has 136 valence electrons. The van der Waals surface area contributed by atoms with Crippen molar-refractivity contribution in [1.82, 2.24) is 15.6 Å². The van der Waals surface area contributed by atoms with Gasteiger partial charge in [-0.1, -0.05) is 19.9 Å². The maximum Gasteiger partial charge on any atom is 0.213 e. The number of hydrogen-bond donors (Lipinski definition) is 3. The van der Waals surface area contributed by atoms with Crippen LogP contribution in [-0.2, 0) is 6.54 Å². The molecule has 1 heterocycles. The van der Waals surface area contributed by atoms with Gasteiger partial charge in [-0.2, -0.15) is 0 Å². The second kappa shape index (κ2) is 10.9. The molecule has 0 unspecified atom stereocenters. The van der Waals surface area contributed by atoms with Crippen LogP contribution in [0.1, 0.15) is 45.7 Å². The first-order chi connectivity index (χ1) is 11.6. The maximum absolute atomic E-state index is 9.34. The van der Waals surface area contributed by atoms with Crippen LogP contribution >= 0.6 is 0 Å². The van der Waals surface area contributed by atoms with Gasteiger partial charge in [-0.3, -0.25) is 0 Å². The van der Waals surface area contributed by atoms with Crippen LogP contribution in [0.3, 0.4) is 0 Å². The number of aliphatic hydroxyl groups excluding tert-OH is 1. The third-order valence-corrected chi connectivity index (χ3v) is 4.51. The zero-order valence-electron chi connectivity index (χ0n) is 15.4. The van der Waals surface area contributed by atoms with Crippen molar-refractivity contribution >= 4 is 5.96 Å². The van der Waals surface area contributed by atoms with Gasteiger partial charge in [-0.25, -0.2) is 9.98 Å². The summed E-state index contributed by atoms with van der Waals surface area (Å²) >= 11 is 0. The van der Waals surface area contributed by atoms with Crippen LogP contribution in [0.4, 0.5) is 0 Å². The number of guanidine groups is 1. The predicted octanol–water partition coefficient (Wildman–Crippen LogP) is 2.33. The Kier molecular flexibility index (Phi) is 9.15. The highest BCUT2D eigenvalue weighted by molar-refractivity contribution is 5.79. The molecule has 24 heavy (non-hydrogen) atoms. The number of ether oxygens (including phenoxy) is 1. The zero-order chi connectivity index (χ0) is 17.8. The van der Waals surface area contributed by atoms with Crippen LogP contribution in [0.2, 0.25) is 0 Å². The van der Waals surface area contributed by atoms with Crippen molar-refractivity contribution in [2.75, 3.05) is 26.8 Å². The van der Waals surface area contributed by atoms with Crippen molar-refractivity contribution in [2.45, 2.75) is 46.6 Å². The van der Waals surface area contributed by atoms with Crippen LogP contribution in [0.15, 0.2) is 23.2 Å². The molecule has 0 amide bonds. The second-order valence-electron chi connectivity index (χ2n) is 5.90. The smallest absolute Gasteiger partial charge is 0.213 e. The minimum atomic E-state index is 0.0964. The summed E-state index contributed by atoms with van der Waals surface area (Å²) in [5, 5.41) is 16.0. The van der Waals surface area contributed by atoms with E-state index in [0.717, 1.165) is 44.0 Å². The van der Waals surface area contributed by atoms with Gasteiger partial charge in [0, 0.05) is 25.8 Å². The molecule has 0 radical (unpaired) electrons. The Morgan fingerprint density at radius 2 is 2.00 bits per heavy atom. The van der Waals surface area contributed by atoms with Gasteiger partial charge in [0.25, 0.3) is 0 Å². The molecule has 6 nitrogen and oxygen atoms in total. The van der Waals surface area contributed by atoms with Crippen LogP contribution in [0, 0.1) is 5.41 Å². The third-order valence-electron chi connectivity index (χ3n) is 4.51. The Labute approximate surface area is 145 Å². The predicted molar refractivity (Wildman–Crippen MR) is 98.3 cm³/mol. The summed E-state index contributed by atoms with van der Waals surface area (Å²) in [6.45, 7) is 8.67. The van der Waals surface area contributed by atoms with Crippen LogP contribution in [0.25, 0.3) is 0 Å². The number of aliphatic imine (C=N–C) groups is 1. The summed E-state index contributed by atoms with van der Waals surface area (Å²) in [7, 11) is 1.61. The summed E-state index contributed by atoms with van der Waals surface area (Å²) in [4.78, 5) is 8.98. The lowest BCUT2D eigenvalue weighted by atomic mass is 9.79. The molecule has 0 aliphatic carbocycles. The molecule has 0 fully saturated rings. The topological polar surface area (TPSA) is 78.8 Å². The first kappa shape index (κ1) is 20.2. The second-order valence-corrected chi connectivity index (χ2v) is 5.90. The minimum Gasteiger partial charge on any atom is -0.481 e. The number of rotatable bonds is 10. The van der Waals surface area contributed by atoms with E-state index in [1.54, 1.807) is 7.11 Å². The lowest BCUT2D eigenvalue weighted by Gasteiger charge is -2.32. The van der Waals surface area contributed by atoms with Gasteiger partial charge < -0.3 is 20.5 Å². The summed E-state index contributed by atoms with van der Waals surface area (Å²) in [6, 6.07) is 5.67. The molecule has 0 aliphatic heterocycles. The largest absolute Gasteiger partial charge is 0.481 e. The van der Waals surface area contributed by atoms with Crippen molar-refractivity contribution < 1.29 is 9.84 Å². The molecule has 0 aliphatic rings. The first-order valence-corrected chi connectivity index (χ1v) is 8.76. The van der Waals surface area contributed by atoms with Crippen molar-refractivity contribution in [2.24, 2.45) is 10.4 Å². The number of pyridine rings is 1. The van der Waals surface area contributed by atoms with Gasteiger partial charge in [0.2, 0.25) is 5.88 Å². The minimum absolute atomic E-state index is 0.0964. The molecule has 0 saturated heterocycles. The van der Waals surface area contributed by atoms with Gasteiger partial charge in [-0.15, -0.1) is 0 Å². The van der Waals surface area contributed by atoms with E-state index >= 15 is 0 Å². The Morgan fingerprint density at radius 1 is 1.25 bits per heavy atom. The Bertz CT molecular complexity index is 502. The summed E-state index contributed by atoms with van der Waals surface area (Å²) < 4.78 is 5.14. The highest BCUT2D eigenvalue weighted by Crippen LogP contribution is 2.29. The molecule has 1 aromatic rings. The van der Waals surface area contributed by atoms with Gasteiger partial charge in [0.05, 0.1) is 19.3 Å². The fourth-order valence-electron chi connectivity index (χ4n) is 2.61. The Balaban J connectivity index is 2.74. The molecule has 0 atom stereocenters. The number of nitrogens with zero attached hydrogens (tertiary/aromatic N) is 2. The van der Waals surface area contributed by atoms with E-state index in [2.05, 4.69) is 34.5 Å². The average Bonchev–Trinajstić information content (AvgIpc) is 2.63. The Hall–Kier alpha value is -1.82. The molecule has 0 spiro atoms. The SMILES string of the molecule is CCNC(=NCc1cccc(OC)n1)NCC(CC)(CC)CCO. The van der Waals surface area contributed by atoms with Crippen LogP contribution in [0.5, 0.6) is 5.88 Å². The molecule has 0 bridgehead atoms. The standard InChI is InChI=1S/C18H32N4O2/c1-5-18(6-2,11-12-23)14-21-17(19-7-3)20-13-15-9-8-10-16(22-15)24-4/h8-10,23H,5-7,11-14H2,1-4H3,(H2,19,20,21). The molecule has 0 saturated carbocycles. The molecule has 6 heteroatoms. The van der Waals surface area contributed by atoms with Gasteiger partial charge >= 0.3 is 0 Å². The molecule has 1 rings (SSSR count). The molecular weight excluding hydrogens is 304 g/mol. The van der Waals surface area contributed by atoms with Crippen molar-refractivity contribution in [3.8, 4) is 5.88 Å². The zero-order valence-corrected chi connectivity index (χ0v) is 15.4. The molecular formula is C18H32N4O2. The number of aromatic nitrogens is 1. The number of methoxy groups -OCH3 is 1. The quantitative estimate of drug-likeness (QED) is 0.451. The Morgan fingerprint density at radius 3 is 2.58 bits per heavy atom. The van der Waals surface area contributed by atoms with E-state index in [0.29, 0.717) is 12.4 Å². The van der Waals surface area contributed by atoms with Gasteiger partial charge in [0.1, 0.15) is 0 Å². The molecule has 1 aromatic heterocycles. The van der Waals surface area contributed by atoms with E-state index in [-0.39, 0.29) is 12.0 Å². The van der Waals surface area contributed by atoms with E-state index < -0.39 is 0 Å². The van der Waals surface area contributed by atoms with E-state index in [1.807, 2.05) is 25.1 Å². The van der Waals surface area contributed by atoms with Gasteiger partial charge in [-0.05, 0) is 37.7 Å². The lowest BCUT2D eigenvalue weighted by Crippen LogP contribution is -2.43.